The molecule has 80 valence electrons. The molecule has 0 amide bonds. The van der Waals surface area contributed by atoms with Crippen molar-refractivity contribution < 1.29 is 0 Å². The maximum atomic E-state index is 4.23. The lowest BCUT2D eigenvalue weighted by Gasteiger charge is -2.16. The van der Waals surface area contributed by atoms with E-state index in [-0.39, 0.29) is 6.04 Å². The van der Waals surface area contributed by atoms with Crippen LogP contribution in [-0.2, 0) is 7.05 Å². The standard InChI is InChI=1S/C10H12BrN3S/c1-12-9(7-3-4-15-6-7)10-8(11)5-13-14(10)2/h3-6,9,12H,1-2H3. The van der Waals surface area contributed by atoms with Gasteiger partial charge in [0.15, 0.2) is 0 Å². The minimum Gasteiger partial charge on any atom is -0.308 e. The average Bonchev–Trinajstić information content (AvgIpc) is 2.83. The van der Waals surface area contributed by atoms with E-state index in [1.807, 2.05) is 25.0 Å². The fourth-order valence-corrected chi connectivity index (χ4v) is 2.91. The molecule has 0 radical (unpaired) electrons. The maximum Gasteiger partial charge on any atom is 0.0765 e. The number of aromatic nitrogens is 2. The number of nitrogens with zero attached hydrogens (tertiary/aromatic N) is 2. The van der Waals surface area contributed by atoms with Crippen molar-refractivity contribution in [2.75, 3.05) is 7.05 Å². The topological polar surface area (TPSA) is 29.9 Å². The first-order chi connectivity index (χ1) is 7.24. The molecule has 0 saturated heterocycles. The minimum atomic E-state index is 0.193. The van der Waals surface area contributed by atoms with Crippen LogP contribution in [0.15, 0.2) is 27.5 Å². The summed E-state index contributed by atoms with van der Waals surface area (Å²) in [6.45, 7) is 0. The van der Waals surface area contributed by atoms with Crippen LogP contribution in [0, 0.1) is 0 Å². The van der Waals surface area contributed by atoms with Gasteiger partial charge >= 0.3 is 0 Å². The van der Waals surface area contributed by atoms with Gasteiger partial charge in [0.1, 0.15) is 0 Å². The second kappa shape index (κ2) is 4.47. The van der Waals surface area contributed by atoms with Gasteiger partial charge in [0.05, 0.1) is 22.4 Å². The third kappa shape index (κ3) is 2.00. The third-order valence-electron chi connectivity index (χ3n) is 2.38. The van der Waals surface area contributed by atoms with E-state index in [4.69, 9.17) is 0 Å². The van der Waals surface area contributed by atoms with Crippen LogP contribution in [0.4, 0.5) is 0 Å². The molecule has 2 aromatic heterocycles. The van der Waals surface area contributed by atoms with Crippen molar-refractivity contribution >= 4 is 27.3 Å². The monoisotopic (exact) mass is 285 g/mol. The Kier molecular flexibility index (Phi) is 3.23. The Bertz CT molecular complexity index is 416. The number of hydrogen-bond acceptors (Lipinski definition) is 3. The van der Waals surface area contributed by atoms with Crippen molar-refractivity contribution in [1.29, 1.82) is 0 Å². The molecule has 5 heteroatoms. The lowest BCUT2D eigenvalue weighted by molar-refractivity contribution is 0.605. The summed E-state index contributed by atoms with van der Waals surface area (Å²) in [5, 5.41) is 11.8. The Morgan fingerprint density at radius 3 is 2.87 bits per heavy atom. The second-order valence-corrected chi connectivity index (χ2v) is 4.91. The summed E-state index contributed by atoms with van der Waals surface area (Å²) in [4.78, 5) is 0. The van der Waals surface area contributed by atoms with Crippen molar-refractivity contribution in [1.82, 2.24) is 15.1 Å². The lowest BCUT2D eigenvalue weighted by Crippen LogP contribution is -2.20. The van der Waals surface area contributed by atoms with Crippen LogP contribution >= 0.6 is 27.3 Å². The van der Waals surface area contributed by atoms with Gasteiger partial charge in [-0.3, -0.25) is 4.68 Å². The zero-order chi connectivity index (χ0) is 10.8. The van der Waals surface area contributed by atoms with Crippen LogP contribution in [0.5, 0.6) is 0 Å². The van der Waals surface area contributed by atoms with Crippen LogP contribution < -0.4 is 5.32 Å². The third-order valence-corrected chi connectivity index (χ3v) is 3.69. The predicted octanol–water partition coefficient (Wildman–Crippen LogP) is 2.55. The summed E-state index contributed by atoms with van der Waals surface area (Å²) >= 11 is 5.23. The molecule has 0 saturated carbocycles. The molecule has 1 atom stereocenters. The highest BCUT2D eigenvalue weighted by Gasteiger charge is 2.19. The average molecular weight is 286 g/mol. The summed E-state index contributed by atoms with van der Waals surface area (Å²) in [7, 11) is 3.92. The molecule has 0 aromatic carbocycles. The van der Waals surface area contributed by atoms with Crippen LogP contribution in [0.2, 0.25) is 0 Å². The van der Waals surface area contributed by atoms with Gasteiger partial charge in [-0.2, -0.15) is 16.4 Å². The SMILES string of the molecule is CNC(c1ccsc1)c1c(Br)cnn1C. The first-order valence-corrected chi connectivity index (χ1v) is 6.34. The number of rotatable bonds is 3. The van der Waals surface area contributed by atoms with Gasteiger partial charge in [0, 0.05) is 7.05 Å². The Morgan fingerprint density at radius 2 is 2.40 bits per heavy atom. The molecule has 0 spiro atoms. The Labute approximate surface area is 101 Å². The van der Waals surface area contributed by atoms with Gasteiger partial charge in [-0.1, -0.05) is 0 Å². The molecule has 0 bridgehead atoms. The molecule has 1 N–H and O–H groups in total. The van der Waals surface area contributed by atoms with E-state index < -0.39 is 0 Å². The summed E-state index contributed by atoms with van der Waals surface area (Å²) in [5.41, 5.74) is 2.42. The largest absolute Gasteiger partial charge is 0.308 e. The predicted molar refractivity (Wildman–Crippen MR) is 66.1 cm³/mol. The van der Waals surface area contributed by atoms with E-state index in [1.54, 1.807) is 11.3 Å². The Hall–Kier alpha value is -0.650. The van der Waals surface area contributed by atoms with Gasteiger partial charge in [-0.15, -0.1) is 0 Å². The molecular weight excluding hydrogens is 274 g/mol. The van der Waals surface area contributed by atoms with E-state index in [2.05, 4.69) is 43.2 Å². The molecule has 2 heterocycles. The maximum absolute atomic E-state index is 4.23. The van der Waals surface area contributed by atoms with Gasteiger partial charge < -0.3 is 5.32 Å². The van der Waals surface area contributed by atoms with E-state index in [0.717, 1.165) is 10.2 Å². The van der Waals surface area contributed by atoms with Crippen LogP contribution in [0.25, 0.3) is 0 Å². The molecule has 0 aliphatic rings. The van der Waals surface area contributed by atoms with Gasteiger partial charge in [-0.05, 0) is 45.4 Å². The van der Waals surface area contributed by atoms with Crippen LogP contribution in [-0.4, -0.2) is 16.8 Å². The highest BCUT2D eigenvalue weighted by atomic mass is 79.9. The van der Waals surface area contributed by atoms with E-state index in [1.165, 1.54) is 5.56 Å². The summed E-state index contributed by atoms with van der Waals surface area (Å²) in [6, 6.07) is 2.32. The van der Waals surface area contributed by atoms with E-state index in [9.17, 15) is 0 Å². The first kappa shape index (κ1) is 10.9. The first-order valence-electron chi connectivity index (χ1n) is 4.60. The molecule has 0 fully saturated rings. The fraction of sp³-hybridized carbons (Fsp3) is 0.300. The van der Waals surface area contributed by atoms with Crippen molar-refractivity contribution in [3.8, 4) is 0 Å². The quantitative estimate of drug-likeness (QED) is 0.939. The normalized spacial score (nSPS) is 13.0. The molecular formula is C10H12BrN3S. The fourth-order valence-electron chi connectivity index (χ4n) is 1.65. The van der Waals surface area contributed by atoms with Gasteiger partial charge in [-0.25, -0.2) is 0 Å². The van der Waals surface area contributed by atoms with Gasteiger partial charge in [0.25, 0.3) is 0 Å². The number of hydrogen-bond donors (Lipinski definition) is 1. The number of aryl methyl sites for hydroxylation is 1. The van der Waals surface area contributed by atoms with Crippen molar-refractivity contribution in [2.45, 2.75) is 6.04 Å². The molecule has 3 nitrogen and oxygen atoms in total. The van der Waals surface area contributed by atoms with Crippen molar-refractivity contribution in [3.63, 3.8) is 0 Å². The highest BCUT2D eigenvalue weighted by molar-refractivity contribution is 9.10. The molecule has 2 aromatic rings. The molecule has 1 unspecified atom stereocenters. The van der Waals surface area contributed by atoms with Crippen LogP contribution in [0.1, 0.15) is 17.3 Å². The zero-order valence-electron chi connectivity index (χ0n) is 8.57. The highest BCUT2D eigenvalue weighted by Crippen LogP contribution is 2.28. The second-order valence-electron chi connectivity index (χ2n) is 3.28. The molecule has 15 heavy (non-hydrogen) atoms. The summed E-state index contributed by atoms with van der Waals surface area (Å²) in [5.74, 6) is 0. The molecule has 0 aliphatic carbocycles. The summed E-state index contributed by atoms with van der Waals surface area (Å²) in [6.07, 6.45) is 1.83. The van der Waals surface area contributed by atoms with Crippen molar-refractivity contribution in [2.24, 2.45) is 7.05 Å². The zero-order valence-corrected chi connectivity index (χ0v) is 11.0. The Balaban J connectivity index is 2.44. The smallest absolute Gasteiger partial charge is 0.0765 e. The van der Waals surface area contributed by atoms with Crippen LogP contribution in [0.3, 0.4) is 0 Å². The molecule has 2 rings (SSSR count). The van der Waals surface area contributed by atoms with Crippen molar-refractivity contribution in [3.05, 3.63) is 38.8 Å². The molecule has 0 aliphatic heterocycles. The minimum absolute atomic E-state index is 0.193. The van der Waals surface area contributed by atoms with E-state index >= 15 is 0 Å². The summed E-state index contributed by atoms with van der Waals surface area (Å²) < 4.78 is 2.93. The van der Waals surface area contributed by atoms with Gasteiger partial charge in [0.2, 0.25) is 0 Å². The number of nitrogens with one attached hydrogen (secondary N) is 1. The van der Waals surface area contributed by atoms with E-state index in [0.29, 0.717) is 0 Å². The lowest BCUT2D eigenvalue weighted by atomic mass is 10.1. The number of halogens is 1. The number of thiophene rings is 1. The Morgan fingerprint density at radius 1 is 1.60 bits per heavy atom.